The standard InChI is InChI=1S/C20H17FN2O4S/c1-3-27-17(25)11-23-18-15(21)5-4-6-16(18)28-20(23)22-19(26)14-9-7-13(8-10-14)12(2)24/h4-10H,3,11H2,1-2H3. The quantitative estimate of drug-likeness (QED) is 0.486. The van der Waals surface area contributed by atoms with E-state index in [4.69, 9.17) is 4.74 Å². The Morgan fingerprint density at radius 1 is 1.11 bits per heavy atom. The van der Waals surface area contributed by atoms with Crippen molar-refractivity contribution in [2.24, 2.45) is 4.99 Å². The van der Waals surface area contributed by atoms with Crippen molar-refractivity contribution in [1.29, 1.82) is 0 Å². The lowest BCUT2D eigenvalue weighted by Crippen LogP contribution is -2.23. The molecule has 3 aromatic rings. The molecule has 0 saturated carbocycles. The smallest absolute Gasteiger partial charge is 0.326 e. The highest BCUT2D eigenvalue weighted by Gasteiger charge is 2.15. The lowest BCUT2D eigenvalue weighted by Gasteiger charge is -2.05. The minimum absolute atomic E-state index is 0.108. The summed E-state index contributed by atoms with van der Waals surface area (Å²) in [6.45, 7) is 3.04. The number of aromatic nitrogens is 1. The van der Waals surface area contributed by atoms with Gasteiger partial charge in [0.15, 0.2) is 10.6 Å². The lowest BCUT2D eigenvalue weighted by atomic mass is 10.1. The topological polar surface area (TPSA) is 77.7 Å². The van der Waals surface area contributed by atoms with Crippen LogP contribution in [0.2, 0.25) is 0 Å². The molecule has 0 aliphatic heterocycles. The summed E-state index contributed by atoms with van der Waals surface area (Å²) in [6, 6.07) is 10.6. The number of esters is 1. The van der Waals surface area contributed by atoms with Gasteiger partial charge >= 0.3 is 5.97 Å². The monoisotopic (exact) mass is 400 g/mol. The molecule has 0 aliphatic carbocycles. The summed E-state index contributed by atoms with van der Waals surface area (Å²) in [5, 5.41) is 0. The van der Waals surface area contributed by atoms with Gasteiger partial charge in [-0.1, -0.05) is 29.5 Å². The van der Waals surface area contributed by atoms with Gasteiger partial charge < -0.3 is 9.30 Å². The molecule has 0 N–H and O–H groups in total. The van der Waals surface area contributed by atoms with Gasteiger partial charge in [-0.05, 0) is 38.1 Å². The summed E-state index contributed by atoms with van der Waals surface area (Å²) in [5.41, 5.74) is 0.961. The highest BCUT2D eigenvalue weighted by Crippen LogP contribution is 2.20. The number of nitrogens with zero attached hydrogens (tertiary/aromatic N) is 2. The number of hydrogen-bond donors (Lipinski definition) is 0. The third-order valence-electron chi connectivity index (χ3n) is 3.98. The predicted octanol–water partition coefficient (Wildman–Crippen LogP) is 3.35. The number of amides is 1. The molecule has 6 nitrogen and oxygen atoms in total. The minimum atomic E-state index is -0.556. The van der Waals surface area contributed by atoms with Crippen molar-refractivity contribution in [2.75, 3.05) is 6.61 Å². The Labute approximate surface area is 163 Å². The molecule has 144 valence electrons. The SMILES string of the molecule is CCOC(=O)Cn1c(=NC(=O)c2ccc(C(C)=O)cc2)sc2cccc(F)c21. The van der Waals surface area contributed by atoms with Crippen LogP contribution in [0.4, 0.5) is 4.39 Å². The third-order valence-corrected chi connectivity index (χ3v) is 5.02. The molecule has 0 saturated heterocycles. The van der Waals surface area contributed by atoms with Gasteiger partial charge in [-0.25, -0.2) is 4.39 Å². The fourth-order valence-corrected chi connectivity index (χ4v) is 3.70. The van der Waals surface area contributed by atoms with Crippen LogP contribution in [0.5, 0.6) is 0 Å². The number of fused-ring (bicyclic) bond motifs is 1. The average molecular weight is 400 g/mol. The van der Waals surface area contributed by atoms with Gasteiger partial charge in [0.05, 0.1) is 16.8 Å². The lowest BCUT2D eigenvalue weighted by molar-refractivity contribution is -0.143. The molecule has 28 heavy (non-hydrogen) atoms. The van der Waals surface area contributed by atoms with E-state index in [1.807, 2.05) is 0 Å². The number of halogens is 1. The van der Waals surface area contributed by atoms with E-state index in [1.54, 1.807) is 31.2 Å². The van der Waals surface area contributed by atoms with E-state index in [9.17, 15) is 18.8 Å². The van der Waals surface area contributed by atoms with Crippen LogP contribution in [0.25, 0.3) is 10.2 Å². The number of benzene rings is 2. The highest BCUT2D eigenvalue weighted by molar-refractivity contribution is 7.16. The van der Waals surface area contributed by atoms with Crippen LogP contribution in [0.15, 0.2) is 47.5 Å². The maximum Gasteiger partial charge on any atom is 0.326 e. The molecule has 2 aromatic carbocycles. The molecule has 0 fully saturated rings. The van der Waals surface area contributed by atoms with Crippen LogP contribution in [-0.2, 0) is 16.1 Å². The molecule has 0 radical (unpaired) electrons. The van der Waals surface area contributed by atoms with E-state index in [0.717, 1.165) is 11.3 Å². The number of hydrogen-bond acceptors (Lipinski definition) is 5. The van der Waals surface area contributed by atoms with Gasteiger partial charge in [0.1, 0.15) is 12.4 Å². The maximum absolute atomic E-state index is 14.4. The third kappa shape index (κ3) is 4.07. The van der Waals surface area contributed by atoms with Gasteiger partial charge in [0.2, 0.25) is 0 Å². The Hall–Kier alpha value is -3.13. The number of carbonyl (C=O) groups excluding carboxylic acids is 3. The largest absolute Gasteiger partial charge is 0.465 e. The van der Waals surface area contributed by atoms with Crippen molar-refractivity contribution < 1.29 is 23.5 Å². The second-order valence-corrected chi connectivity index (χ2v) is 6.92. The fraction of sp³-hybridized carbons (Fsp3) is 0.200. The van der Waals surface area contributed by atoms with Crippen LogP contribution in [0.3, 0.4) is 0 Å². The number of thiazole rings is 1. The summed E-state index contributed by atoms with van der Waals surface area (Å²) >= 11 is 1.10. The minimum Gasteiger partial charge on any atom is -0.465 e. The first kappa shape index (κ1) is 19.6. The second kappa shape index (κ2) is 8.26. The van der Waals surface area contributed by atoms with Gasteiger partial charge in [0.25, 0.3) is 5.91 Å². The van der Waals surface area contributed by atoms with Crippen molar-refractivity contribution in [1.82, 2.24) is 4.57 Å². The van der Waals surface area contributed by atoms with Crippen molar-refractivity contribution in [2.45, 2.75) is 20.4 Å². The molecule has 8 heteroatoms. The number of rotatable bonds is 5. The van der Waals surface area contributed by atoms with Gasteiger partial charge in [-0.2, -0.15) is 4.99 Å². The van der Waals surface area contributed by atoms with Crippen LogP contribution < -0.4 is 4.80 Å². The summed E-state index contributed by atoms with van der Waals surface area (Å²) in [7, 11) is 0. The van der Waals surface area contributed by atoms with Crippen LogP contribution in [0, 0.1) is 5.82 Å². The molecule has 0 bridgehead atoms. The Morgan fingerprint density at radius 3 is 2.43 bits per heavy atom. The molecule has 0 spiro atoms. The van der Waals surface area contributed by atoms with Crippen molar-refractivity contribution >= 4 is 39.2 Å². The van der Waals surface area contributed by atoms with Gasteiger partial charge in [-0.15, -0.1) is 0 Å². The zero-order valence-corrected chi connectivity index (χ0v) is 16.1. The van der Waals surface area contributed by atoms with Crippen molar-refractivity contribution in [3.63, 3.8) is 0 Å². The van der Waals surface area contributed by atoms with Crippen LogP contribution >= 0.6 is 11.3 Å². The number of ketones is 1. The van der Waals surface area contributed by atoms with Gasteiger partial charge in [0, 0.05) is 11.1 Å². The summed E-state index contributed by atoms with van der Waals surface area (Å²) in [5.74, 6) is -1.73. The zero-order chi connectivity index (χ0) is 20.3. The van der Waals surface area contributed by atoms with Crippen molar-refractivity contribution in [3.05, 3.63) is 64.2 Å². The van der Waals surface area contributed by atoms with Crippen LogP contribution in [-0.4, -0.2) is 28.8 Å². The Kier molecular flexibility index (Phi) is 5.79. The number of Topliss-reactive ketones (excluding diaryl/α,β-unsaturated/α-hetero) is 1. The molecular weight excluding hydrogens is 383 g/mol. The number of carbonyl (C=O) groups is 3. The van der Waals surface area contributed by atoms with Gasteiger partial charge in [-0.3, -0.25) is 14.4 Å². The molecule has 0 atom stereocenters. The Bertz CT molecular complexity index is 1130. The normalized spacial score (nSPS) is 11.6. The summed E-state index contributed by atoms with van der Waals surface area (Å²) in [6.07, 6.45) is 0. The fourth-order valence-electron chi connectivity index (χ4n) is 2.65. The summed E-state index contributed by atoms with van der Waals surface area (Å²) < 4.78 is 21.2. The number of ether oxygens (including phenoxy) is 1. The highest BCUT2D eigenvalue weighted by atomic mass is 32.1. The van der Waals surface area contributed by atoms with E-state index in [-0.39, 0.29) is 34.8 Å². The molecule has 1 heterocycles. The Balaban J connectivity index is 2.07. The van der Waals surface area contributed by atoms with E-state index in [1.165, 1.54) is 29.7 Å². The van der Waals surface area contributed by atoms with E-state index < -0.39 is 17.7 Å². The molecule has 0 unspecified atom stereocenters. The Morgan fingerprint density at radius 2 is 1.79 bits per heavy atom. The first-order valence-electron chi connectivity index (χ1n) is 8.54. The molecule has 3 rings (SSSR count). The summed E-state index contributed by atoms with van der Waals surface area (Å²) in [4.78, 5) is 40.1. The van der Waals surface area contributed by atoms with Crippen molar-refractivity contribution in [3.8, 4) is 0 Å². The first-order valence-corrected chi connectivity index (χ1v) is 9.36. The molecule has 0 aliphatic rings. The van der Waals surface area contributed by atoms with E-state index in [2.05, 4.69) is 4.99 Å². The van der Waals surface area contributed by atoms with Crippen LogP contribution in [0.1, 0.15) is 34.6 Å². The predicted molar refractivity (Wildman–Crippen MR) is 103 cm³/mol. The zero-order valence-electron chi connectivity index (χ0n) is 15.3. The maximum atomic E-state index is 14.4. The first-order chi connectivity index (χ1) is 13.4. The molecule has 1 aromatic heterocycles. The van der Waals surface area contributed by atoms with E-state index >= 15 is 0 Å². The molecular formula is C20H17FN2O4S. The average Bonchev–Trinajstić information content (AvgIpc) is 3.00. The molecule has 1 amide bonds. The second-order valence-electron chi connectivity index (χ2n) is 5.91. The number of para-hydroxylation sites is 1. The van der Waals surface area contributed by atoms with E-state index in [0.29, 0.717) is 10.3 Å².